The number of carbonyl (C=O) groups excluding carboxylic acids is 1. The Morgan fingerprint density at radius 2 is 2.00 bits per heavy atom. The van der Waals surface area contributed by atoms with Crippen molar-refractivity contribution in [2.75, 3.05) is 11.9 Å². The highest BCUT2D eigenvalue weighted by Gasteiger charge is 2.08. The Kier molecular flexibility index (Phi) is 5.26. The van der Waals surface area contributed by atoms with Gasteiger partial charge in [0.05, 0.1) is 5.02 Å². The molecule has 3 rings (SSSR count). The standard InChI is InChI=1S/C19H14ClFN2O2/c20-17-9-13(14-3-2-8-22-11-14)6-7-18(17)25-12-19(24)23-16-5-1-4-15(21)10-16/h1-11H,12H2,(H,23,24). The van der Waals surface area contributed by atoms with Crippen molar-refractivity contribution >= 4 is 23.2 Å². The molecule has 0 aliphatic heterocycles. The fraction of sp³-hybridized carbons (Fsp3) is 0.0526. The lowest BCUT2D eigenvalue weighted by atomic mass is 10.1. The number of pyridine rings is 1. The number of halogens is 2. The van der Waals surface area contributed by atoms with Crippen molar-refractivity contribution in [1.29, 1.82) is 0 Å². The molecule has 4 nitrogen and oxygen atoms in total. The lowest BCUT2D eigenvalue weighted by Gasteiger charge is -2.10. The molecule has 0 aliphatic carbocycles. The van der Waals surface area contributed by atoms with Gasteiger partial charge in [0.15, 0.2) is 6.61 Å². The van der Waals surface area contributed by atoms with Crippen molar-refractivity contribution in [2.24, 2.45) is 0 Å². The third-order valence-electron chi connectivity index (χ3n) is 3.39. The Balaban J connectivity index is 1.62. The number of rotatable bonds is 5. The molecule has 1 N–H and O–H groups in total. The molecule has 3 aromatic rings. The van der Waals surface area contributed by atoms with Crippen LogP contribution >= 0.6 is 11.6 Å². The summed E-state index contributed by atoms with van der Waals surface area (Å²) in [4.78, 5) is 16.0. The Morgan fingerprint density at radius 3 is 2.72 bits per heavy atom. The second kappa shape index (κ2) is 7.77. The van der Waals surface area contributed by atoms with E-state index in [9.17, 15) is 9.18 Å². The van der Waals surface area contributed by atoms with Gasteiger partial charge in [0.2, 0.25) is 0 Å². The molecular formula is C19H14ClFN2O2. The average molecular weight is 357 g/mol. The van der Waals surface area contributed by atoms with Crippen molar-refractivity contribution in [3.05, 3.63) is 77.8 Å². The van der Waals surface area contributed by atoms with Gasteiger partial charge in [0.25, 0.3) is 5.91 Å². The zero-order valence-electron chi connectivity index (χ0n) is 13.1. The van der Waals surface area contributed by atoms with Crippen LogP contribution in [0.4, 0.5) is 10.1 Å². The molecule has 0 saturated carbocycles. The van der Waals surface area contributed by atoms with Crippen LogP contribution in [0.1, 0.15) is 0 Å². The highest BCUT2D eigenvalue weighted by Crippen LogP contribution is 2.30. The molecule has 0 saturated heterocycles. The Hall–Kier alpha value is -2.92. The molecule has 0 radical (unpaired) electrons. The number of nitrogens with zero attached hydrogens (tertiary/aromatic N) is 1. The van der Waals surface area contributed by atoms with Crippen molar-refractivity contribution in [1.82, 2.24) is 4.98 Å². The van der Waals surface area contributed by atoms with E-state index in [1.54, 1.807) is 30.6 Å². The third kappa shape index (κ3) is 4.55. The van der Waals surface area contributed by atoms with Gasteiger partial charge in [-0.25, -0.2) is 4.39 Å². The monoisotopic (exact) mass is 356 g/mol. The average Bonchev–Trinajstić information content (AvgIpc) is 2.61. The van der Waals surface area contributed by atoms with Crippen LogP contribution in [0.3, 0.4) is 0 Å². The van der Waals surface area contributed by atoms with Crippen LogP contribution < -0.4 is 10.1 Å². The molecule has 0 aliphatic rings. The summed E-state index contributed by atoms with van der Waals surface area (Å²) in [7, 11) is 0. The van der Waals surface area contributed by atoms with E-state index in [1.165, 1.54) is 18.2 Å². The number of benzene rings is 2. The lowest BCUT2D eigenvalue weighted by molar-refractivity contribution is -0.118. The minimum atomic E-state index is -0.423. The summed E-state index contributed by atoms with van der Waals surface area (Å²) in [5, 5.41) is 2.94. The quantitative estimate of drug-likeness (QED) is 0.729. The molecule has 2 aromatic carbocycles. The predicted molar refractivity (Wildman–Crippen MR) is 95.2 cm³/mol. The second-order valence-corrected chi connectivity index (χ2v) is 5.64. The van der Waals surface area contributed by atoms with Gasteiger partial charge in [-0.1, -0.05) is 29.8 Å². The van der Waals surface area contributed by atoms with E-state index >= 15 is 0 Å². The van der Waals surface area contributed by atoms with Crippen LogP contribution in [0.5, 0.6) is 5.75 Å². The van der Waals surface area contributed by atoms with Gasteiger partial charge in [-0.05, 0) is 42.0 Å². The summed E-state index contributed by atoms with van der Waals surface area (Å²) in [6.45, 7) is -0.234. The summed E-state index contributed by atoms with van der Waals surface area (Å²) in [6, 6.07) is 14.7. The molecule has 126 valence electrons. The highest BCUT2D eigenvalue weighted by molar-refractivity contribution is 6.32. The molecule has 0 spiro atoms. The van der Waals surface area contributed by atoms with Crippen molar-refractivity contribution in [2.45, 2.75) is 0 Å². The zero-order chi connectivity index (χ0) is 17.6. The first-order valence-electron chi connectivity index (χ1n) is 7.50. The van der Waals surface area contributed by atoms with E-state index in [4.69, 9.17) is 16.3 Å². The molecule has 1 amide bonds. The second-order valence-electron chi connectivity index (χ2n) is 5.23. The SMILES string of the molecule is O=C(COc1ccc(-c2cccnc2)cc1Cl)Nc1cccc(F)c1. The molecule has 25 heavy (non-hydrogen) atoms. The van der Waals surface area contributed by atoms with Gasteiger partial charge in [-0.3, -0.25) is 9.78 Å². The summed E-state index contributed by atoms with van der Waals surface area (Å²) in [6.07, 6.45) is 3.43. The number of amides is 1. The topological polar surface area (TPSA) is 51.2 Å². The number of hydrogen-bond acceptors (Lipinski definition) is 3. The maximum Gasteiger partial charge on any atom is 0.262 e. The summed E-state index contributed by atoms with van der Waals surface area (Å²) < 4.78 is 18.5. The van der Waals surface area contributed by atoms with Gasteiger partial charge in [-0.2, -0.15) is 0 Å². The van der Waals surface area contributed by atoms with Crippen molar-refractivity contribution in [3.8, 4) is 16.9 Å². The van der Waals surface area contributed by atoms with E-state index in [0.29, 0.717) is 16.5 Å². The van der Waals surface area contributed by atoms with Crippen LogP contribution in [0.25, 0.3) is 11.1 Å². The molecule has 6 heteroatoms. The fourth-order valence-corrected chi connectivity index (χ4v) is 2.47. The van der Waals surface area contributed by atoms with Crippen LogP contribution in [-0.2, 0) is 4.79 Å². The summed E-state index contributed by atoms with van der Waals surface area (Å²) in [5.41, 5.74) is 2.20. The van der Waals surface area contributed by atoms with Gasteiger partial charge in [-0.15, -0.1) is 0 Å². The smallest absolute Gasteiger partial charge is 0.262 e. The molecule has 0 unspecified atom stereocenters. The highest BCUT2D eigenvalue weighted by atomic mass is 35.5. The minimum Gasteiger partial charge on any atom is -0.482 e. The number of nitrogens with one attached hydrogen (secondary N) is 1. The van der Waals surface area contributed by atoms with Crippen molar-refractivity contribution < 1.29 is 13.9 Å². The van der Waals surface area contributed by atoms with Crippen LogP contribution in [0, 0.1) is 5.82 Å². The normalized spacial score (nSPS) is 10.3. The van der Waals surface area contributed by atoms with Gasteiger partial charge in [0.1, 0.15) is 11.6 Å². The zero-order valence-corrected chi connectivity index (χ0v) is 13.8. The first-order valence-corrected chi connectivity index (χ1v) is 7.88. The van der Waals surface area contributed by atoms with Gasteiger partial charge in [0, 0.05) is 23.6 Å². The maximum atomic E-state index is 13.1. The largest absolute Gasteiger partial charge is 0.482 e. The maximum absolute atomic E-state index is 13.1. The number of hydrogen-bond donors (Lipinski definition) is 1. The van der Waals surface area contributed by atoms with Crippen LogP contribution in [0.2, 0.25) is 5.02 Å². The summed E-state index contributed by atoms with van der Waals surface area (Å²) >= 11 is 6.22. The van der Waals surface area contributed by atoms with Crippen LogP contribution in [0.15, 0.2) is 67.0 Å². The number of ether oxygens (including phenoxy) is 1. The molecule has 0 atom stereocenters. The molecule has 0 bridgehead atoms. The van der Waals surface area contributed by atoms with E-state index in [2.05, 4.69) is 10.3 Å². The fourth-order valence-electron chi connectivity index (χ4n) is 2.24. The molecule has 1 aromatic heterocycles. The van der Waals surface area contributed by atoms with E-state index < -0.39 is 11.7 Å². The van der Waals surface area contributed by atoms with Gasteiger partial charge >= 0.3 is 0 Å². The van der Waals surface area contributed by atoms with E-state index in [-0.39, 0.29) is 6.61 Å². The number of aromatic nitrogens is 1. The molecule has 1 heterocycles. The first-order chi connectivity index (χ1) is 12.1. The predicted octanol–water partition coefficient (Wildman–Crippen LogP) is 4.56. The Labute approximate surface area is 149 Å². The molecule has 0 fully saturated rings. The van der Waals surface area contributed by atoms with E-state index in [0.717, 1.165) is 11.1 Å². The van der Waals surface area contributed by atoms with E-state index in [1.807, 2.05) is 18.2 Å². The number of carbonyl (C=O) groups is 1. The number of anilines is 1. The first kappa shape index (κ1) is 16.9. The van der Waals surface area contributed by atoms with Crippen molar-refractivity contribution in [3.63, 3.8) is 0 Å². The summed E-state index contributed by atoms with van der Waals surface area (Å²) in [5.74, 6) is -0.436. The third-order valence-corrected chi connectivity index (χ3v) is 3.69. The molecular weight excluding hydrogens is 343 g/mol. The van der Waals surface area contributed by atoms with Crippen LogP contribution in [-0.4, -0.2) is 17.5 Å². The Bertz CT molecular complexity index is 888. The Morgan fingerprint density at radius 1 is 1.12 bits per heavy atom. The van der Waals surface area contributed by atoms with Gasteiger partial charge < -0.3 is 10.1 Å². The lowest BCUT2D eigenvalue weighted by Crippen LogP contribution is -2.20. The minimum absolute atomic E-state index is 0.234.